The third-order valence-electron chi connectivity index (χ3n) is 2.32. The van der Waals surface area contributed by atoms with Crippen LogP contribution < -0.4 is 0 Å². The largest absolute Gasteiger partial charge is 0.244 e. The molecular formula is C10H14N4S. The molecule has 2 aromatic heterocycles. The summed E-state index contributed by atoms with van der Waals surface area (Å²) in [5, 5.41) is 5.41. The molecule has 0 N–H and O–H groups in total. The molecule has 0 aromatic carbocycles. The van der Waals surface area contributed by atoms with Crippen LogP contribution in [0.5, 0.6) is 0 Å². The van der Waals surface area contributed by atoms with E-state index < -0.39 is 0 Å². The highest BCUT2D eigenvalue weighted by Gasteiger charge is 2.07. The second-order valence-corrected chi connectivity index (χ2v) is 4.90. The molecule has 2 heterocycles. The van der Waals surface area contributed by atoms with Crippen LogP contribution in [0.1, 0.15) is 27.2 Å². The molecule has 0 unspecified atom stereocenters. The van der Waals surface area contributed by atoms with Crippen molar-refractivity contribution < 1.29 is 0 Å². The summed E-state index contributed by atoms with van der Waals surface area (Å²) in [7, 11) is 0. The number of rotatable bonds is 2. The van der Waals surface area contributed by atoms with Gasteiger partial charge in [-0.05, 0) is 27.7 Å². The van der Waals surface area contributed by atoms with Gasteiger partial charge in [0.1, 0.15) is 16.7 Å². The van der Waals surface area contributed by atoms with E-state index in [9.17, 15) is 0 Å². The standard InChI is InChI=1S/C10H14N4S/c1-6-7(2)15-10(11-6)5-14-9(4)12-8(3)13-14/h5H2,1-4H3. The van der Waals surface area contributed by atoms with Gasteiger partial charge in [-0.25, -0.2) is 14.6 Å². The molecule has 0 saturated heterocycles. The molecule has 15 heavy (non-hydrogen) atoms. The molecule has 0 radical (unpaired) electrons. The molecule has 0 atom stereocenters. The Kier molecular flexibility index (Phi) is 2.56. The van der Waals surface area contributed by atoms with Crippen molar-refractivity contribution in [2.75, 3.05) is 0 Å². The summed E-state index contributed by atoms with van der Waals surface area (Å²) in [4.78, 5) is 10.0. The Balaban J connectivity index is 2.25. The van der Waals surface area contributed by atoms with E-state index >= 15 is 0 Å². The lowest BCUT2D eigenvalue weighted by Crippen LogP contribution is -2.03. The Hall–Kier alpha value is -1.23. The van der Waals surface area contributed by atoms with Crippen LogP contribution in [0.15, 0.2) is 0 Å². The average Bonchev–Trinajstić information content (AvgIpc) is 2.59. The Labute approximate surface area is 93.0 Å². The van der Waals surface area contributed by atoms with Crippen molar-refractivity contribution in [3.8, 4) is 0 Å². The van der Waals surface area contributed by atoms with Crippen LogP contribution in [0.2, 0.25) is 0 Å². The lowest BCUT2D eigenvalue weighted by atomic mass is 10.4. The molecular weight excluding hydrogens is 208 g/mol. The summed E-state index contributed by atoms with van der Waals surface area (Å²) in [6.45, 7) is 8.73. The molecule has 0 bridgehead atoms. The van der Waals surface area contributed by atoms with Crippen LogP contribution in [0.25, 0.3) is 0 Å². The van der Waals surface area contributed by atoms with Crippen LogP contribution in [-0.4, -0.2) is 19.7 Å². The lowest BCUT2D eigenvalue weighted by molar-refractivity contribution is 0.652. The van der Waals surface area contributed by atoms with E-state index in [-0.39, 0.29) is 0 Å². The Morgan fingerprint density at radius 3 is 2.33 bits per heavy atom. The molecule has 0 amide bonds. The highest BCUT2D eigenvalue weighted by Crippen LogP contribution is 2.17. The first-order chi connectivity index (χ1) is 7.06. The summed E-state index contributed by atoms with van der Waals surface area (Å²) in [6.07, 6.45) is 0. The molecule has 4 nitrogen and oxygen atoms in total. The number of aryl methyl sites for hydroxylation is 4. The van der Waals surface area contributed by atoms with Gasteiger partial charge in [-0.3, -0.25) is 0 Å². The van der Waals surface area contributed by atoms with E-state index in [1.807, 2.05) is 25.5 Å². The van der Waals surface area contributed by atoms with Crippen molar-refractivity contribution in [2.24, 2.45) is 0 Å². The number of aromatic nitrogens is 4. The summed E-state index contributed by atoms with van der Waals surface area (Å²) in [5.41, 5.74) is 1.12. The van der Waals surface area contributed by atoms with Gasteiger partial charge in [0.25, 0.3) is 0 Å². The van der Waals surface area contributed by atoms with E-state index in [1.165, 1.54) is 4.88 Å². The number of thiazole rings is 1. The second-order valence-electron chi connectivity index (χ2n) is 3.61. The second kappa shape index (κ2) is 3.73. The number of hydrogen-bond acceptors (Lipinski definition) is 4. The zero-order valence-electron chi connectivity index (χ0n) is 9.40. The van der Waals surface area contributed by atoms with Gasteiger partial charge in [0.15, 0.2) is 0 Å². The zero-order chi connectivity index (χ0) is 11.0. The minimum Gasteiger partial charge on any atom is -0.244 e. The van der Waals surface area contributed by atoms with Gasteiger partial charge >= 0.3 is 0 Å². The molecule has 2 rings (SSSR count). The third kappa shape index (κ3) is 2.07. The minimum absolute atomic E-state index is 0.728. The quantitative estimate of drug-likeness (QED) is 0.780. The van der Waals surface area contributed by atoms with Crippen molar-refractivity contribution in [3.05, 3.63) is 27.2 Å². The van der Waals surface area contributed by atoms with Crippen molar-refractivity contribution in [2.45, 2.75) is 34.2 Å². The van der Waals surface area contributed by atoms with Crippen molar-refractivity contribution in [1.29, 1.82) is 0 Å². The topological polar surface area (TPSA) is 43.6 Å². The minimum atomic E-state index is 0.728. The van der Waals surface area contributed by atoms with Gasteiger partial charge in [-0.2, -0.15) is 5.10 Å². The Morgan fingerprint density at radius 2 is 1.87 bits per heavy atom. The van der Waals surface area contributed by atoms with Crippen LogP contribution in [0.3, 0.4) is 0 Å². The molecule has 0 spiro atoms. The van der Waals surface area contributed by atoms with Crippen LogP contribution in [0, 0.1) is 27.7 Å². The van der Waals surface area contributed by atoms with Gasteiger partial charge in [0, 0.05) is 4.88 Å². The van der Waals surface area contributed by atoms with E-state index in [2.05, 4.69) is 22.0 Å². The smallest absolute Gasteiger partial charge is 0.147 e. The van der Waals surface area contributed by atoms with E-state index in [1.54, 1.807) is 11.3 Å². The first kappa shape index (κ1) is 10.3. The maximum Gasteiger partial charge on any atom is 0.147 e. The average molecular weight is 222 g/mol. The fraction of sp³-hybridized carbons (Fsp3) is 0.500. The monoisotopic (exact) mass is 222 g/mol. The molecule has 0 fully saturated rings. The van der Waals surface area contributed by atoms with E-state index in [0.717, 1.165) is 28.9 Å². The highest BCUT2D eigenvalue weighted by atomic mass is 32.1. The molecule has 80 valence electrons. The highest BCUT2D eigenvalue weighted by molar-refractivity contribution is 7.11. The zero-order valence-corrected chi connectivity index (χ0v) is 10.2. The number of nitrogens with zero attached hydrogens (tertiary/aromatic N) is 4. The number of hydrogen-bond donors (Lipinski definition) is 0. The summed E-state index contributed by atoms with van der Waals surface area (Å²) in [6, 6.07) is 0. The van der Waals surface area contributed by atoms with Crippen molar-refractivity contribution in [3.63, 3.8) is 0 Å². The normalized spacial score (nSPS) is 10.9. The lowest BCUT2D eigenvalue weighted by Gasteiger charge is -1.98. The third-order valence-corrected chi connectivity index (χ3v) is 3.38. The fourth-order valence-corrected chi connectivity index (χ4v) is 2.36. The SMILES string of the molecule is Cc1nc(C)n(Cc2nc(C)c(C)s2)n1. The Bertz CT molecular complexity index is 464. The predicted molar refractivity (Wildman–Crippen MR) is 60.2 cm³/mol. The summed E-state index contributed by atoms with van der Waals surface area (Å²) < 4.78 is 1.90. The Morgan fingerprint density at radius 1 is 1.13 bits per heavy atom. The van der Waals surface area contributed by atoms with Gasteiger partial charge in [-0.1, -0.05) is 0 Å². The molecule has 5 heteroatoms. The molecule has 0 aliphatic carbocycles. The van der Waals surface area contributed by atoms with Gasteiger partial charge in [0.05, 0.1) is 12.2 Å². The van der Waals surface area contributed by atoms with Gasteiger partial charge < -0.3 is 0 Å². The van der Waals surface area contributed by atoms with Crippen molar-refractivity contribution in [1.82, 2.24) is 19.7 Å². The molecule has 2 aromatic rings. The first-order valence-electron chi connectivity index (χ1n) is 4.87. The predicted octanol–water partition coefficient (Wildman–Crippen LogP) is 2.02. The maximum absolute atomic E-state index is 4.49. The fourth-order valence-electron chi connectivity index (χ4n) is 1.45. The van der Waals surface area contributed by atoms with Crippen LogP contribution in [-0.2, 0) is 6.54 Å². The van der Waals surface area contributed by atoms with Crippen molar-refractivity contribution >= 4 is 11.3 Å². The van der Waals surface area contributed by atoms with Gasteiger partial charge in [-0.15, -0.1) is 11.3 Å². The maximum atomic E-state index is 4.49. The molecule has 0 aliphatic rings. The summed E-state index contributed by atoms with van der Waals surface area (Å²) in [5.74, 6) is 1.76. The van der Waals surface area contributed by atoms with Crippen LogP contribution in [0.4, 0.5) is 0 Å². The van der Waals surface area contributed by atoms with E-state index in [0.29, 0.717) is 0 Å². The van der Waals surface area contributed by atoms with Gasteiger partial charge in [0.2, 0.25) is 0 Å². The van der Waals surface area contributed by atoms with Crippen LogP contribution >= 0.6 is 11.3 Å². The first-order valence-corrected chi connectivity index (χ1v) is 5.69. The van der Waals surface area contributed by atoms with E-state index in [4.69, 9.17) is 0 Å². The summed E-state index contributed by atoms with van der Waals surface area (Å²) >= 11 is 1.73. The molecule has 0 aliphatic heterocycles. The molecule has 0 saturated carbocycles.